The second-order valence-electron chi connectivity index (χ2n) is 4.50. The highest BCUT2D eigenvalue weighted by Gasteiger charge is 2.21. The van der Waals surface area contributed by atoms with Crippen LogP contribution in [0.25, 0.3) is 0 Å². The first kappa shape index (κ1) is 15.0. The maximum absolute atomic E-state index is 12.4. The summed E-state index contributed by atoms with van der Waals surface area (Å²) in [6.45, 7) is 2.27. The molecule has 0 radical (unpaired) electrons. The highest BCUT2D eigenvalue weighted by atomic mass is 35.5. The highest BCUT2D eigenvalue weighted by molar-refractivity contribution is 7.89. The number of pyridine rings is 1. The molecule has 20 heavy (non-hydrogen) atoms. The molecule has 0 aliphatic rings. The quantitative estimate of drug-likeness (QED) is 0.816. The van der Waals surface area contributed by atoms with Crippen LogP contribution in [0, 0.1) is 6.92 Å². The molecule has 1 heterocycles. The molecule has 0 saturated heterocycles. The van der Waals surface area contributed by atoms with Crippen LogP contribution < -0.4 is 0 Å². The van der Waals surface area contributed by atoms with Gasteiger partial charge in [-0.05, 0) is 30.2 Å². The van der Waals surface area contributed by atoms with Crippen molar-refractivity contribution in [3.05, 3.63) is 58.9 Å². The molecule has 0 bridgehead atoms. The molecule has 1 aromatic heterocycles. The Morgan fingerprint density at radius 3 is 2.60 bits per heavy atom. The van der Waals surface area contributed by atoms with Crippen molar-refractivity contribution >= 4 is 21.6 Å². The van der Waals surface area contributed by atoms with Crippen LogP contribution in [0.1, 0.15) is 11.1 Å². The number of hydrogen-bond acceptors (Lipinski definition) is 3. The zero-order chi connectivity index (χ0) is 14.8. The van der Waals surface area contributed by atoms with Crippen LogP contribution in [0.5, 0.6) is 0 Å². The van der Waals surface area contributed by atoms with Crippen LogP contribution in [0.3, 0.4) is 0 Å². The van der Waals surface area contributed by atoms with Gasteiger partial charge in [-0.2, -0.15) is 4.31 Å². The molecule has 0 aliphatic carbocycles. The highest BCUT2D eigenvalue weighted by Crippen LogP contribution is 2.19. The predicted octanol–water partition coefficient (Wildman–Crippen LogP) is 2.86. The van der Waals surface area contributed by atoms with E-state index < -0.39 is 10.0 Å². The van der Waals surface area contributed by atoms with Gasteiger partial charge < -0.3 is 0 Å². The van der Waals surface area contributed by atoms with E-state index in [0.29, 0.717) is 6.54 Å². The van der Waals surface area contributed by atoms with E-state index >= 15 is 0 Å². The summed E-state index contributed by atoms with van der Waals surface area (Å²) in [6.07, 6.45) is 1.39. The molecule has 0 saturated carbocycles. The maximum Gasteiger partial charge on any atom is 0.243 e. The standard InChI is InChI=1S/C14H15ClN2O2S/c1-11-5-3-4-6-12(11)10-17(2)20(18,19)13-7-8-16-14(15)9-13/h3-9H,10H2,1-2H3. The molecule has 0 aliphatic heterocycles. The van der Waals surface area contributed by atoms with Crippen LogP contribution in [-0.4, -0.2) is 24.8 Å². The van der Waals surface area contributed by atoms with Crippen LogP contribution in [-0.2, 0) is 16.6 Å². The third-order valence-electron chi connectivity index (χ3n) is 3.06. The van der Waals surface area contributed by atoms with Crippen molar-refractivity contribution in [1.29, 1.82) is 0 Å². The number of halogens is 1. The lowest BCUT2D eigenvalue weighted by Crippen LogP contribution is -2.26. The Labute approximate surface area is 124 Å². The summed E-state index contributed by atoms with van der Waals surface area (Å²) in [7, 11) is -2.02. The first-order valence-electron chi connectivity index (χ1n) is 6.03. The summed E-state index contributed by atoms with van der Waals surface area (Å²) in [6, 6.07) is 10.5. The van der Waals surface area contributed by atoms with Crippen LogP contribution >= 0.6 is 11.6 Å². The number of aromatic nitrogens is 1. The third kappa shape index (κ3) is 3.17. The molecule has 0 N–H and O–H groups in total. The van der Waals surface area contributed by atoms with Crippen molar-refractivity contribution in [2.75, 3.05) is 7.05 Å². The minimum atomic E-state index is -3.57. The Morgan fingerprint density at radius 2 is 1.95 bits per heavy atom. The van der Waals surface area contributed by atoms with Crippen molar-refractivity contribution in [2.45, 2.75) is 18.4 Å². The van der Waals surface area contributed by atoms with E-state index in [2.05, 4.69) is 4.98 Å². The first-order valence-corrected chi connectivity index (χ1v) is 7.85. The van der Waals surface area contributed by atoms with Gasteiger partial charge in [0.05, 0.1) is 4.90 Å². The summed E-state index contributed by atoms with van der Waals surface area (Å²) < 4.78 is 26.2. The van der Waals surface area contributed by atoms with Crippen molar-refractivity contribution in [1.82, 2.24) is 9.29 Å². The smallest absolute Gasteiger partial charge is 0.243 e. The second-order valence-corrected chi connectivity index (χ2v) is 6.93. The van der Waals surface area contributed by atoms with Gasteiger partial charge in [0, 0.05) is 19.8 Å². The zero-order valence-electron chi connectivity index (χ0n) is 11.2. The number of rotatable bonds is 4. The number of sulfonamides is 1. The van der Waals surface area contributed by atoms with Gasteiger partial charge in [0.15, 0.2) is 0 Å². The Hall–Kier alpha value is -1.43. The van der Waals surface area contributed by atoms with Crippen LogP contribution in [0.4, 0.5) is 0 Å². The molecule has 0 atom stereocenters. The van der Waals surface area contributed by atoms with E-state index in [0.717, 1.165) is 11.1 Å². The average molecular weight is 311 g/mol. The lowest BCUT2D eigenvalue weighted by molar-refractivity contribution is 0.466. The molecule has 106 valence electrons. The predicted molar refractivity (Wildman–Crippen MR) is 79.1 cm³/mol. The molecular formula is C14H15ClN2O2S. The van der Waals surface area contributed by atoms with Gasteiger partial charge in [-0.15, -0.1) is 0 Å². The van der Waals surface area contributed by atoms with Crippen molar-refractivity contribution in [2.24, 2.45) is 0 Å². The van der Waals surface area contributed by atoms with Crippen molar-refractivity contribution < 1.29 is 8.42 Å². The zero-order valence-corrected chi connectivity index (χ0v) is 12.8. The monoisotopic (exact) mass is 310 g/mol. The molecule has 0 fully saturated rings. The summed E-state index contributed by atoms with van der Waals surface area (Å²) in [5, 5.41) is 0.162. The fourth-order valence-electron chi connectivity index (χ4n) is 1.84. The van der Waals surface area contributed by atoms with Gasteiger partial charge >= 0.3 is 0 Å². The van der Waals surface area contributed by atoms with Crippen molar-refractivity contribution in [3.63, 3.8) is 0 Å². The third-order valence-corrected chi connectivity index (χ3v) is 5.07. The maximum atomic E-state index is 12.4. The fourth-order valence-corrected chi connectivity index (χ4v) is 3.24. The van der Waals surface area contributed by atoms with Gasteiger partial charge in [0.1, 0.15) is 5.15 Å². The average Bonchev–Trinajstić information content (AvgIpc) is 2.41. The Balaban J connectivity index is 2.29. The SMILES string of the molecule is Cc1ccccc1CN(C)S(=O)(=O)c1ccnc(Cl)c1. The molecule has 2 rings (SSSR count). The number of hydrogen-bond donors (Lipinski definition) is 0. The van der Waals surface area contributed by atoms with E-state index in [1.165, 1.54) is 22.6 Å². The minimum absolute atomic E-state index is 0.147. The fraction of sp³-hybridized carbons (Fsp3) is 0.214. The van der Waals surface area contributed by atoms with Gasteiger partial charge in [-0.25, -0.2) is 13.4 Å². The van der Waals surface area contributed by atoms with Gasteiger partial charge in [0.2, 0.25) is 10.0 Å². The largest absolute Gasteiger partial charge is 0.244 e. The van der Waals surface area contributed by atoms with E-state index in [4.69, 9.17) is 11.6 Å². The summed E-state index contributed by atoms with van der Waals surface area (Å²) in [4.78, 5) is 3.94. The van der Waals surface area contributed by atoms with Gasteiger partial charge in [0.25, 0.3) is 0 Å². The van der Waals surface area contributed by atoms with E-state index in [-0.39, 0.29) is 10.0 Å². The Morgan fingerprint density at radius 1 is 1.25 bits per heavy atom. The van der Waals surface area contributed by atoms with Gasteiger partial charge in [-0.1, -0.05) is 35.9 Å². The molecule has 0 unspecified atom stereocenters. The number of aryl methyl sites for hydroxylation is 1. The lowest BCUT2D eigenvalue weighted by Gasteiger charge is -2.18. The molecule has 6 heteroatoms. The van der Waals surface area contributed by atoms with Gasteiger partial charge in [-0.3, -0.25) is 0 Å². The van der Waals surface area contributed by atoms with Crippen LogP contribution in [0.2, 0.25) is 5.15 Å². The lowest BCUT2D eigenvalue weighted by atomic mass is 10.1. The van der Waals surface area contributed by atoms with E-state index in [1.807, 2.05) is 31.2 Å². The molecule has 4 nitrogen and oxygen atoms in total. The summed E-state index contributed by atoms with van der Waals surface area (Å²) in [5.41, 5.74) is 2.03. The number of nitrogens with zero attached hydrogens (tertiary/aromatic N) is 2. The normalized spacial score (nSPS) is 11.8. The Kier molecular flexibility index (Phi) is 4.42. The van der Waals surface area contributed by atoms with Crippen LogP contribution in [0.15, 0.2) is 47.5 Å². The molecular weight excluding hydrogens is 296 g/mol. The molecule has 0 spiro atoms. The van der Waals surface area contributed by atoms with E-state index in [9.17, 15) is 8.42 Å². The molecule has 0 amide bonds. The minimum Gasteiger partial charge on any atom is -0.244 e. The summed E-state index contributed by atoms with van der Waals surface area (Å²) >= 11 is 5.75. The molecule has 2 aromatic rings. The van der Waals surface area contributed by atoms with Crippen molar-refractivity contribution in [3.8, 4) is 0 Å². The Bertz CT molecular complexity index is 717. The summed E-state index contributed by atoms with van der Waals surface area (Å²) in [5.74, 6) is 0. The second kappa shape index (κ2) is 5.91. The molecule has 1 aromatic carbocycles. The topological polar surface area (TPSA) is 50.3 Å². The number of benzene rings is 1. The van der Waals surface area contributed by atoms with E-state index in [1.54, 1.807) is 7.05 Å². The first-order chi connectivity index (χ1) is 9.41.